The lowest BCUT2D eigenvalue weighted by molar-refractivity contribution is -0.139. The summed E-state index contributed by atoms with van der Waals surface area (Å²) < 4.78 is 43.8. The minimum Gasteiger partial charge on any atom is -0.485 e. The monoisotopic (exact) mass is 297 g/mol. The highest BCUT2D eigenvalue weighted by Gasteiger charge is 2.35. The molecule has 0 radical (unpaired) electrons. The van der Waals surface area contributed by atoms with Crippen LogP contribution in [0.15, 0.2) is 18.2 Å². The Hall–Kier alpha value is -2.03. The average molecular weight is 297 g/mol. The standard InChI is InChI=1S/C15H14F3NO2/c16-15(17,18)12-7-10(8-19)5-6-14(12)21-9-13(20)11-3-1-2-4-11/h5-7,11H,1-4,9H2. The lowest BCUT2D eigenvalue weighted by Crippen LogP contribution is -2.20. The van der Waals surface area contributed by atoms with Crippen molar-refractivity contribution in [2.75, 3.05) is 6.61 Å². The Bertz CT molecular complexity index is 569. The molecule has 0 aromatic heterocycles. The SMILES string of the molecule is N#Cc1ccc(OCC(=O)C2CCCC2)c(C(F)(F)F)c1. The number of carbonyl (C=O) groups is 1. The Morgan fingerprint density at radius 2 is 2.00 bits per heavy atom. The lowest BCUT2D eigenvalue weighted by Gasteiger charge is -2.15. The number of carbonyl (C=O) groups excluding carboxylic acids is 1. The Kier molecular flexibility index (Phi) is 4.51. The zero-order valence-corrected chi connectivity index (χ0v) is 11.2. The topological polar surface area (TPSA) is 50.1 Å². The van der Waals surface area contributed by atoms with Crippen molar-refractivity contribution in [3.8, 4) is 11.8 Å². The van der Waals surface area contributed by atoms with E-state index in [9.17, 15) is 18.0 Å². The second kappa shape index (κ2) is 6.17. The summed E-state index contributed by atoms with van der Waals surface area (Å²) in [5, 5.41) is 8.67. The van der Waals surface area contributed by atoms with E-state index in [1.54, 1.807) is 6.07 Å². The van der Waals surface area contributed by atoms with Gasteiger partial charge in [-0.3, -0.25) is 4.79 Å². The summed E-state index contributed by atoms with van der Waals surface area (Å²) in [7, 11) is 0. The van der Waals surface area contributed by atoms with Gasteiger partial charge in [0.25, 0.3) is 0 Å². The zero-order valence-electron chi connectivity index (χ0n) is 11.2. The molecule has 1 aliphatic carbocycles. The summed E-state index contributed by atoms with van der Waals surface area (Å²) in [6.45, 7) is -0.361. The first-order valence-corrected chi connectivity index (χ1v) is 6.68. The van der Waals surface area contributed by atoms with Crippen LogP contribution in [0.3, 0.4) is 0 Å². The molecule has 0 unspecified atom stereocenters. The van der Waals surface area contributed by atoms with Gasteiger partial charge in [-0.15, -0.1) is 0 Å². The van der Waals surface area contributed by atoms with Crippen LogP contribution >= 0.6 is 0 Å². The van der Waals surface area contributed by atoms with Crippen molar-refractivity contribution in [1.29, 1.82) is 5.26 Å². The average Bonchev–Trinajstić information content (AvgIpc) is 2.97. The summed E-state index contributed by atoms with van der Waals surface area (Å²) in [4.78, 5) is 11.8. The van der Waals surface area contributed by atoms with Gasteiger partial charge >= 0.3 is 6.18 Å². The fourth-order valence-corrected chi connectivity index (χ4v) is 2.46. The van der Waals surface area contributed by atoms with Crippen molar-refractivity contribution >= 4 is 5.78 Å². The number of hydrogen-bond acceptors (Lipinski definition) is 3. The largest absolute Gasteiger partial charge is 0.485 e. The number of alkyl halides is 3. The summed E-state index contributed by atoms with van der Waals surface area (Å²) in [5.74, 6) is -0.671. The van der Waals surface area contributed by atoms with Crippen LogP contribution in [0.5, 0.6) is 5.75 Å². The molecule has 0 atom stereocenters. The molecule has 0 bridgehead atoms. The van der Waals surface area contributed by atoms with Crippen LogP contribution in [-0.2, 0) is 11.0 Å². The Morgan fingerprint density at radius 3 is 2.57 bits per heavy atom. The minimum absolute atomic E-state index is 0.0993. The van der Waals surface area contributed by atoms with E-state index in [0.29, 0.717) is 0 Å². The molecule has 0 spiro atoms. The molecule has 0 heterocycles. The Labute approximate surface area is 120 Å². The van der Waals surface area contributed by atoms with Gasteiger partial charge < -0.3 is 4.74 Å². The van der Waals surface area contributed by atoms with Gasteiger partial charge in [-0.25, -0.2) is 0 Å². The molecular formula is C15H14F3NO2. The maximum absolute atomic E-state index is 12.9. The van der Waals surface area contributed by atoms with Crippen LogP contribution in [0.1, 0.15) is 36.8 Å². The van der Waals surface area contributed by atoms with E-state index in [4.69, 9.17) is 10.00 Å². The van der Waals surface area contributed by atoms with Gasteiger partial charge in [0.2, 0.25) is 0 Å². The minimum atomic E-state index is -4.63. The quantitative estimate of drug-likeness (QED) is 0.851. The summed E-state index contributed by atoms with van der Waals surface area (Å²) in [6, 6.07) is 4.71. The number of halogens is 3. The van der Waals surface area contributed by atoms with E-state index < -0.39 is 17.5 Å². The van der Waals surface area contributed by atoms with Crippen LogP contribution < -0.4 is 4.74 Å². The third kappa shape index (κ3) is 3.75. The van der Waals surface area contributed by atoms with Gasteiger partial charge in [0.1, 0.15) is 12.4 Å². The first kappa shape index (κ1) is 15.4. The summed E-state index contributed by atoms with van der Waals surface area (Å²) in [6.07, 6.45) is -1.12. The fraction of sp³-hybridized carbons (Fsp3) is 0.467. The van der Waals surface area contributed by atoms with E-state index in [-0.39, 0.29) is 23.9 Å². The molecule has 1 aliphatic rings. The van der Waals surface area contributed by atoms with E-state index in [2.05, 4.69) is 0 Å². The van der Waals surface area contributed by atoms with Gasteiger partial charge in [-0.1, -0.05) is 12.8 Å². The maximum Gasteiger partial charge on any atom is 0.420 e. The molecule has 21 heavy (non-hydrogen) atoms. The third-order valence-corrected chi connectivity index (χ3v) is 3.59. The van der Waals surface area contributed by atoms with Gasteiger partial charge in [-0.05, 0) is 31.0 Å². The second-order valence-electron chi connectivity index (χ2n) is 5.06. The molecule has 112 valence electrons. The highest BCUT2D eigenvalue weighted by molar-refractivity contribution is 5.82. The van der Waals surface area contributed by atoms with Crippen molar-refractivity contribution in [3.63, 3.8) is 0 Å². The highest BCUT2D eigenvalue weighted by Crippen LogP contribution is 2.37. The molecule has 0 N–H and O–H groups in total. The number of hydrogen-bond donors (Lipinski definition) is 0. The van der Waals surface area contributed by atoms with Gasteiger partial charge in [-0.2, -0.15) is 18.4 Å². The van der Waals surface area contributed by atoms with Crippen LogP contribution in [0.2, 0.25) is 0 Å². The number of nitrogens with zero attached hydrogens (tertiary/aromatic N) is 1. The molecule has 0 aliphatic heterocycles. The van der Waals surface area contributed by atoms with Crippen molar-refractivity contribution in [2.45, 2.75) is 31.9 Å². The molecule has 1 aromatic rings. The first-order valence-electron chi connectivity index (χ1n) is 6.68. The normalized spacial score (nSPS) is 15.7. The number of ether oxygens (including phenoxy) is 1. The Balaban J connectivity index is 2.12. The molecule has 1 fully saturated rings. The smallest absolute Gasteiger partial charge is 0.420 e. The number of Topliss-reactive ketones (excluding diaryl/α,β-unsaturated/α-hetero) is 1. The van der Waals surface area contributed by atoms with Gasteiger partial charge in [0.15, 0.2) is 5.78 Å². The van der Waals surface area contributed by atoms with E-state index in [1.807, 2.05) is 0 Å². The molecule has 1 saturated carbocycles. The lowest BCUT2D eigenvalue weighted by atomic mass is 10.0. The van der Waals surface area contributed by atoms with Crippen molar-refractivity contribution in [2.24, 2.45) is 5.92 Å². The van der Waals surface area contributed by atoms with Gasteiger partial charge in [0.05, 0.1) is 17.2 Å². The second-order valence-corrected chi connectivity index (χ2v) is 5.06. The van der Waals surface area contributed by atoms with Crippen LogP contribution in [0, 0.1) is 17.2 Å². The van der Waals surface area contributed by atoms with E-state index in [1.165, 1.54) is 6.07 Å². The number of ketones is 1. The number of benzene rings is 1. The molecule has 1 aromatic carbocycles. The molecule has 0 amide bonds. The van der Waals surface area contributed by atoms with Crippen molar-refractivity contribution in [3.05, 3.63) is 29.3 Å². The zero-order chi connectivity index (χ0) is 15.5. The van der Waals surface area contributed by atoms with E-state index in [0.717, 1.165) is 37.8 Å². The first-order chi connectivity index (χ1) is 9.91. The fourth-order valence-electron chi connectivity index (χ4n) is 2.46. The molecule has 0 saturated heterocycles. The molecule has 6 heteroatoms. The van der Waals surface area contributed by atoms with Crippen LogP contribution in [0.4, 0.5) is 13.2 Å². The molecular weight excluding hydrogens is 283 g/mol. The van der Waals surface area contributed by atoms with Crippen molar-refractivity contribution < 1.29 is 22.7 Å². The number of rotatable bonds is 4. The van der Waals surface area contributed by atoms with Gasteiger partial charge in [0, 0.05) is 5.92 Å². The molecule has 3 nitrogen and oxygen atoms in total. The van der Waals surface area contributed by atoms with Crippen LogP contribution in [-0.4, -0.2) is 12.4 Å². The third-order valence-electron chi connectivity index (χ3n) is 3.59. The van der Waals surface area contributed by atoms with E-state index >= 15 is 0 Å². The van der Waals surface area contributed by atoms with Crippen LogP contribution in [0.25, 0.3) is 0 Å². The summed E-state index contributed by atoms with van der Waals surface area (Å²) >= 11 is 0. The predicted octanol–water partition coefficient (Wildman–Crippen LogP) is 3.72. The Morgan fingerprint density at radius 1 is 1.33 bits per heavy atom. The predicted molar refractivity (Wildman–Crippen MR) is 68.6 cm³/mol. The summed E-state index contributed by atoms with van der Waals surface area (Å²) in [5.41, 5.74) is -1.13. The molecule has 2 rings (SSSR count). The highest BCUT2D eigenvalue weighted by atomic mass is 19.4. The number of nitriles is 1. The maximum atomic E-state index is 12.9. The van der Waals surface area contributed by atoms with Crippen molar-refractivity contribution in [1.82, 2.24) is 0 Å².